The van der Waals surface area contributed by atoms with E-state index in [0.29, 0.717) is 19.3 Å². The maximum Gasteiger partial charge on any atom is 0.306 e. The molecule has 0 aliphatic rings. The van der Waals surface area contributed by atoms with Crippen LogP contribution in [0.4, 0.5) is 0 Å². The van der Waals surface area contributed by atoms with Crippen LogP contribution in [-0.2, 0) is 28.6 Å². The SMILES string of the molecule is CCCCCCC/C=C\C/C=C\CCCCCCCCCCCCCCCC(=O)OCC(COC(=O)CCCCCCCCCCC)OC(=O)CCCCCCCCCCCCCC. The molecule has 0 saturated carbocycles. The van der Waals surface area contributed by atoms with Crippen molar-refractivity contribution < 1.29 is 28.6 Å². The van der Waals surface area contributed by atoms with Crippen LogP contribution in [0, 0.1) is 0 Å². The van der Waals surface area contributed by atoms with Gasteiger partial charge in [-0.05, 0) is 51.4 Å². The minimum absolute atomic E-state index is 0.0661. The molecule has 0 aliphatic carbocycles. The zero-order valence-electron chi connectivity index (χ0n) is 43.1. The highest BCUT2D eigenvalue weighted by atomic mass is 16.6. The zero-order valence-corrected chi connectivity index (χ0v) is 43.1. The van der Waals surface area contributed by atoms with Crippen molar-refractivity contribution in [2.45, 2.75) is 316 Å². The fourth-order valence-corrected chi connectivity index (χ4v) is 8.42. The van der Waals surface area contributed by atoms with E-state index in [1.54, 1.807) is 0 Å². The topological polar surface area (TPSA) is 78.9 Å². The monoisotopic (exact) mass is 901 g/mol. The Morgan fingerprint density at radius 1 is 0.312 bits per heavy atom. The number of ether oxygens (including phenoxy) is 3. The van der Waals surface area contributed by atoms with Gasteiger partial charge in [0.15, 0.2) is 6.10 Å². The molecular weight excluding hydrogens is 793 g/mol. The minimum atomic E-state index is -0.764. The van der Waals surface area contributed by atoms with Gasteiger partial charge >= 0.3 is 17.9 Å². The van der Waals surface area contributed by atoms with E-state index in [4.69, 9.17) is 14.2 Å². The van der Waals surface area contributed by atoms with Crippen molar-refractivity contribution in [3.63, 3.8) is 0 Å². The molecule has 376 valence electrons. The molecule has 0 aromatic heterocycles. The standard InChI is InChI=1S/C58H108O6/c1-4-7-10-13-16-19-21-23-24-25-26-27-28-29-30-31-32-33-34-35-37-39-42-45-48-51-57(60)63-54-55(53-62-56(59)50-47-44-41-38-18-15-12-9-6-3)64-58(61)52-49-46-43-40-36-22-20-17-14-11-8-5-2/h21,23,25-26,55H,4-20,22,24,27-54H2,1-3H3/b23-21-,26-25-. The van der Waals surface area contributed by atoms with Crippen LogP contribution in [0.5, 0.6) is 0 Å². The number of unbranched alkanes of at least 4 members (excludes halogenated alkanes) is 37. The first kappa shape index (κ1) is 61.9. The van der Waals surface area contributed by atoms with Gasteiger partial charge in [0.2, 0.25) is 0 Å². The summed E-state index contributed by atoms with van der Waals surface area (Å²) in [6.07, 6.45) is 61.8. The van der Waals surface area contributed by atoms with Crippen LogP contribution in [0.1, 0.15) is 310 Å². The third-order valence-corrected chi connectivity index (χ3v) is 12.7. The van der Waals surface area contributed by atoms with Crippen molar-refractivity contribution in [2.75, 3.05) is 13.2 Å². The van der Waals surface area contributed by atoms with E-state index >= 15 is 0 Å². The molecule has 0 aromatic carbocycles. The molecular formula is C58H108O6. The Balaban J connectivity index is 4.12. The van der Waals surface area contributed by atoms with E-state index in [0.717, 1.165) is 64.2 Å². The molecule has 0 spiro atoms. The third kappa shape index (κ3) is 50.9. The summed E-state index contributed by atoms with van der Waals surface area (Å²) in [5.41, 5.74) is 0. The van der Waals surface area contributed by atoms with Crippen LogP contribution >= 0.6 is 0 Å². The lowest BCUT2D eigenvalue weighted by atomic mass is 10.0. The first-order valence-corrected chi connectivity index (χ1v) is 28.3. The second-order valence-corrected chi connectivity index (χ2v) is 19.2. The molecule has 0 amide bonds. The third-order valence-electron chi connectivity index (χ3n) is 12.7. The summed E-state index contributed by atoms with van der Waals surface area (Å²) in [5.74, 6) is -0.853. The summed E-state index contributed by atoms with van der Waals surface area (Å²) in [4.78, 5) is 37.9. The first-order valence-electron chi connectivity index (χ1n) is 28.3. The largest absolute Gasteiger partial charge is 0.462 e. The van der Waals surface area contributed by atoms with Crippen molar-refractivity contribution in [2.24, 2.45) is 0 Å². The molecule has 0 rings (SSSR count). The zero-order chi connectivity index (χ0) is 46.5. The Morgan fingerprint density at radius 3 is 0.859 bits per heavy atom. The van der Waals surface area contributed by atoms with Crippen molar-refractivity contribution in [1.29, 1.82) is 0 Å². The lowest BCUT2D eigenvalue weighted by Gasteiger charge is -2.18. The lowest BCUT2D eigenvalue weighted by molar-refractivity contribution is -0.167. The minimum Gasteiger partial charge on any atom is -0.462 e. The molecule has 6 heteroatoms. The molecule has 1 unspecified atom stereocenters. The van der Waals surface area contributed by atoms with Crippen LogP contribution in [0.15, 0.2) is 24.3 Å². The van der Waals surface area contributed by atoms with Crippen molar-refractivity contribution in [3.8, 4) is 0 Å². The van der Waals surface area contributed by atoms with Crippen molar-refractivity contribution >= 4 is 17.9 Å². The molecule has 64 heavy (non-hydrogen) atoms. The number of allylic oxidation sites excluding steroid dienone is 4. The lowest BCUT2D eigenvalue weighted by Crippen LogP contribution is -2.30. The second kappa shape index (κ2) is 53.5. The fraction of sp³-hybridized carbons (Fsp3) is 0.879. The maximum atomic E-state index is 12.8. The molecule has 0 heterocycles. The number of esters is 3. The van der Waals surface area contributed by atoms with E-state index in [-0.39, 0.29) is 31.1 Å². The van der Waals surface area contributed by atoms with Crippen LogP contribution in [0.3, 0.4) is 0 Å². The van der Waals surface area contributed by atoms with Gasteiger partial charge < -0.3 is 14.2 Å². The average molecular weight is 901 g/mol. The van der Waals surface area contributed by atoms with Crippen molar-refractivity contribution in [3.05, 3.63) is 24.3 Å². The van der Waals surface area contributed by atoms with Crippen LogP contribution in [0.25, 0.3) is 0 Å². The molecule has 0 saturated heterocycles. The van der Waals surface area contributed by atoms with Gasteiger partial charge in [0.05, 0.1) is 0 Å². The second-order valence-electron chi connectivity index (χ2n) is 19.2. The summed E-state index contributed by atoms with van der Waals surface area (Å²) in [6.45, 7) is 6.64. The molecule has 0 N–H and O–H groups in total. The normalized spacial score (nSPS) is 12.1. The van der Waals surface area contributed by atoms with Gasteiger partial charge in [-0.1, -0.05) is 263 Å². The van der Waals surface area contributed by atoms with Crippen molar-refractivity contribution in [1.82, 2.24) is 0 Å². The Bertz CT molecular complexity index is 1040. The summed E-state index contributed by atoms with van der Waals surface area (Å²) in [6, 6.07) is 0. The van der Waals surface area contributed by atoms with E-state index in [1.807, 2.05) is 0 Å². The van der Waals surface area contributed by atoms with Crippen LogP contribution in [0.2, 0.25) is 0 Å². The number of hydrogen-bond donors (Lipinski definition) is 0. The first-order chi connectivity index (χ1) is 31.5. The predicted octanol–water partition coefficient (Wildman–Crippen LogP) is 18.7. The van der Waals surface area contributed by atoms with Gasteiger partial charge in [0.25, 0.3) is 0 Å². The Labute approximate surface area is 398 Å². The van der Waals surface area contributed by atoms with Crippen LogP contribution < -0.4 is 0 Å². The molecule has 0 bridgehead atoms. The number of hydrogen-bond acceptors (Lipinski definition) is 6. The van der Waals surface area contributed by atoms with Crippen LogP contribution in [-0.4, -0.2) is 37.2 Å². The summed E-state index contributed by atoms with van der Waals surface area (Å²) in [5, 5.41) is 0. The van der Waals surface area contributed by atoms with Gasteiger partial charge in [-0.3, -0.25) is 14.4 Å². The number of carbonyl (C=O) groups excluding carboxylic acids is 3. The number of carbonyl (C=O) groups is 3. The quantitative estimate of drug-likeness (QED) is 0.0262. The Morgan fingerprint density at radius 2 is 0.562 bits per heavy atom. The van der Waals surface area contributed by atoms with Gasteiger partial charge in [-0.2, -0.15) is 0 Å². The van der Waals surface area contributed by atoms with E-state index < -0.39 is 6.10 Å². The van der Waals surface area contributed by atoms with E-state index in [1.165, 1.54) is 205 Å². The Kier molecular flexibility index (Phi) is 51.7. The summed E-state index contributed by atoms with van der Waals surface area (Å²) in [7, 11) is 0. The number of rotatable bonds is 52. The molecule has 0 aliphatic heterocycles. The highest BCUT2D eigenvalue weighted by Gasteiger charge is 2.19. The highest BCUT2D eigenvalue weighted by Crippen LogP contribution is 2.16. The van der Waals surface area contributed by atoms with Gasteiger partial charge in [0, 0.05) is 19.3 Å². The summed E-state index contributed by atoms with van der Waals surface area (Å²) >= 11 is 0. The molecule has 0 aromatic rings. The maximum absolute atomic E-state index is 12.8. The van der Waals surface area contributed by atoms with E-state index in [9.17, 15) is 14.4 Å². The fourth-order valence-electron chi connectivity index (χ4n) is 8.42. The van der Waals surface area contributed by atoms with Gasteiger partial charge in [-0.15, -0.1) is 0 Å². The average Bonchev–Trinajstić information content (AvgIpc) is 3.29. The Hall–Kier alpha value is -2.11. The van der Waals surface area contributed by atoms with E-state index in [2.05, 4.69) is 45.1 Å². The van der Waals surface area contributed by atoms with Gasteiger partial charge in [-0.25, -0.2) is 0 Å². The molecule has 0 radical (unpaired) electrons. The van der Waals surface area contributed by atoms with Gasteiger partial charge in [0.1, 0.15) is 13.2 Å². The molecule has 1 atom stereocenters. The molecule has 6 nitrogen and oxygen atoms in total. The predicted molar refractivity (Wildman–Crippen MR) is 275 cm³/mol. The summed E-state index contributed by atoms with van der Waals surface area (Å²) < 4.78 is 16.8. The molecule has 0 fully saturated rings. The highest BCUT2D eigenvalue weighted by molar-refractivity contribution is 5.71. The smallest absolute Gasteiger partial charge is 0.306 e.